The number of carbonyl (C=O) groups excluding carboxylic acids is 1. The molecule has 1 amide bonds. The van der Waals surface area contributed by atoms with Crippen molar-refractivity contribution in [1.82, 2.24) is 24.2 Å². The molecule has 1 unspecified atom stereocenters. The summed E-state index contributed by atoms with van der Waals surface area (Å²) in [5.74, 6) is 1.28. The van der Waals surface area contributed by atoms with Gasteiger partial charge >= 0.3 is 0 Å². The van der Waals surface area contributed by atoms with Crippen molar-refractivity contribution in [3.63, 3.8) is 0 Å². The number of hydrogen-bond acceptors (Lipinski definition) is 3. The van der Waals surface area contributed by atoms with Crippen molar-refractivity contribution in [2.24, 2.45) is 0 Å². The Kier molecular flexibility index (Phi) is 4.73. The van der Waals surface area contributed by atoms with E-state index in [0.29, 0.717) is 6.42 Å². The fourth-order valence-corrected chi connectivity index (χ4v) is 3.96. The molecule has 6 nitrogen and oxygen atoms in total. The van der Waals surface area contributed by atoms with Crippen LogP contribution < -0.4 is 0 Å². The lowest BCUT2D eigenvalue weighted by Crippen LogP contribution is -2.38. The van der Waals surface area contributed by atoms with E-state index in [2.05, 4.69) is 25.6 Å². The number of aryl methyl sites for hydroxylation is 2. The molecule has 136 valence electrons. The van der Waals surface area contributed by atoms with Gasteiger partial charge in [0.05, 0.1) is 11.0 Å². The standard InChI is InChI=1S/C20H25N5O/c1-16-22-18-8-2-3-9-19(18)25(16)15-17-7-4-14-24(17)20(26)10-5-12-23-13-6-11-21-23/h2-3,6,8-9,11,13,17H,4-5,7,10,12,14-15H2,1H3. The molecular weight excluding hydrogens is 326 g/mol. The molecule has 1 saturated heterocycles. The Bertz CT molecular complexity index is 883. The van der Waals surface area contributed by atoms with Crippen LogP contribution in [0.25, 0.3) is 11.0 Å². The lowest BCUT2D eigenvalue weighted by atomic mass is 10.2. The minimum absolute atomic E-state index is 0.265. The van der Waals surface area contributed by atoms with Crippen LogP contribution >= 0.6 is 0 Å². The molecular formula is C20H25N5O. The molecule has 1 aromatic carbocycles. The van der Waals surface area contributed by atoms with Gasteiger partial charge in [0.2, 0.25) is 5.91 Å². The number of likely N-dealkylation sites (tertiary alicyclic amines) is 1. The zero-order valence-corrected chi connectivity index (χ0v) is 15.2. The van der Waals surface area contributed by atoms with Gasteiger partial charge in [0.1, 0.15) is 5.82 Å². The number of fused-ring (bicyclic) bond motifs is 1. The van der Waals surface area contributed by atoms with Crippen LogP contribution in [0.4, 0.5) is 0 Å². The van der Waals surface area contributed by atoms with Gasteiger partial charge in [-0.15, -0.1) is 0 Å². The zero-order valence-electron chi connectivity index (χ0n) is 15.2. The maximum absolute atomic E-state index is 12.7. The SMILES string of the molecule is Cc1nc2ccccc2n1CC1CCCN1C(=O)CCCn1cccn1. The van der Waals surface area contributed by atoms with Crippen LogP contribution in [0.1, 0.15) is 31.5 Å². The second-order valence-electron chi connectivity index (χ2n) is 7.01. The summed E-state index contributed by atoms with van der Waals surface area (Å²) in [5, 5.41) is 4.20. The van der Waals surface area contributed by atoms with Crippen molar-refractivity contribution in [3.8, 4) is 0 Å². The van der Waals surface area contributed by atoms with Gasteiger partial charge in [-0.3, -0.25) is 9.48 Å². The summed E-state index contributed by atoms with van der Waals surface area (Å²) in [6.07, 6.45) is 7.28. The fraction of sp³-hybridized carbons (Fsp3) is 0.450. The molecule has 1 aliphatic heterocycles. The third-order valence-corrected chi connectivity index (χ3v) is 5.27. The second kappa shape index (κ2) is 7.32. The van der Waals surface area contributed by atoms with Gasteiger partial charge in [-0.1, -0.05) is 12.1 Å². The molecule has 26 heavy (non-hydrogen) atoms. The quantitative estimate of drug-likeness (QED) is 0.686. The van der Waals surface area contributed by atoms with E-state index in [9.17, 15) is 4.79 Å². The third-order valence-electron chi connectivity index (χ3n) is 5.27. The molecule has 1 fully saturated rings. The number of benzene rings is 1. The van der Waals surface area contributed by atoms with Crippen molar-refractivity contribution in [3.05, 3.63) is 48.5 Å². The highest BCUT2D eigenvalue weighted by molar-refractivity contribution is 5.77. The summed E-state index contributed by atoms with van der Waals surface area (Å²) in [6, 6.07) is 10.4. The average molecular weight is 351 g/mol. The highest BCUT2D eigenvalue weighted by Crippen LogP contribution is 2.23. The van der Waals surface area contributed by atoms with Crippen LogP contribution in [0.5, 0.6) is 0 Å². The van der Waals surface area contributed by atoms with Gasteiger partial charge < -0.3 is 9.47 Å². The Morgan fingerprint density at radius 2 is 2.15 bits per heavy atom. The molecule has 0 N–H and O–H groups in total. The second-order valence-corrected chi connectivity index (χ2v) is 7.01. The maximum atomic E-state index is 12.7. The van der Waals surface area contributed by atoms with Gasteiger partial charge in [-0.25, -0.2) is 4.98 Å². The summed E-state index contributed by atoms with van der Waals surface area (Å²) in [6.45, 7) is 4.54. The van der Waals surface area contributed by atoms with Crippen molar-refractivity contribution in [2.45, 2.75) is 51.7 Å². The topological polar surface area (TPSA) is 56.0 Å². The highest BCUT2D eigenvalue weighted by Gasteiger charge is 2.29. The van der Waals surface area contributed by atoms with Crippen molar-refractivity contribution in [2.75, 3.05) is 6.54 Å². The van der Waals surface area contributed by atoms with Crippen LogP contribution in [0.15, 0.2) is 42.7 Å². The number of nitrogens with zero attached hydrogens (tertiary/aromatic N) is 5. The number of hydrogen-bond donors (Lipinski definition) is 0. The Morgan fingerprint density at radius 3 is 3.00 bits per heavy atom. The summed E-state index contributed by atoms with van der Waals surface area (Å²) >= 11 is 0. The number of carbonyl (C=O) groups is 1. The molecule has 0 radical (unpaired) electrons. The number of imidazole rings is 1. The summed E-state index contributed by atoms with van der Waals surface area (Å²) < 4.78 is 4.14. The number of aromatic nitrogens is 4. The molecule has 3 aromatic rings. The molecule has 2 aromatic heterocycles. The molecule has 1 aliphatic rings. The van der Waals surface area contributed by atoms with Crippen LogP contribution in [-0.4, -0.2) is 42.7 Å². The lowest BCUT2D eigenvalue weighted by Gasteiger charge is -2.26. The summed E-state index contributed by atoms with van der Waals surface area (Å²) in [5.41, 5.74) is 2.18. The van der Waals surface area contributed by atoms with E-state index >= 15 is 0 Å². The Labute approximate surface area is 153 Å². The third kappa shape index (κ3) is 3.36. The lowest BCUT2D eigenvalue weighted by molar-refractivity contribution is -0.132. The molecule has 1 atom stereocenters. The maximum Gasteiger partial charge on any atom is 0.222 e. The normalized spacial score (nSPS) is 17.3. The molecule has 6 heteroatoms. The van der Waals surface area contributed by atoms with E-state index in [-0.39, 0.29) is 11.9 Å². The van der Waals surface area contributed by atoms with E-state index in [1.54, 1.807) is 6.20 Å². The highest BCUT2D eigenvalue weighted by atomic mass is 16.2. The Morgan fingerprint density at radius 1 is 1.27 bits per heavy atom. The van der Waals surface area contributed by atoms with E-state index in [1.165, 1.54) is 0 Å². The Hall–Kier alpha value is -2.63. The number of rotatable bonds is 6. The first kappa shape index (κ1) is 16.8. The minimum Gasteiger partial charge on any atom is -0.338 e. The molecule has 0 saturated carbocycles. The number of amides is 1. The van der Waals surface area contributed by atoms with E-state index in [4.69, 9.17) is 0 Å². The largest absolute Gasteiger partial charge is 0.338 e. The average Bonchev–Trinajstić information content (AvgIpc) is 3.37. The van der Waals surface area contributed by atoms with Crippen LogP contribution in [0, 0.1) is 6.92 Å². The van der Waals surface area contributed by atoms with E-state index < -0.39 is 0 Å². The monoisotopic (exact) mass is 351 g/mol. The van der Waals surface area contributed by atoms with Gasteiger partial charge in [0.25, 0.3) is 0 Å². The fourth-order valence-electron chi connectivity index (χ4n) is 3.96. The predicted molar refractivity (Wildman–Crippen MR) is 101 cm³/mol. The first-order chi connectivity index (χ1) is 12.7. The molecule has 0 aliphatic carbocycles. The molecule has 0 bridgehead atoms. The zero-order chi connectivity index (χ0) is 17.9. The first-order valence-electron chi connectivity index (χ1n) is 9.41. The molecule has 3 heterocycles. The van der Waals surface area contributed by atoms with Crippen molar-refractivity contribution >= 4 is 16.9 Å². The summed E-state index contributed by atoms with van der Waals surface area (Å²) in [4.78, 5) is 19.5. The van der Waals surface area contributed by atoms with Crippen LogP contribution in [0.2, 0.25) is 0 Å². The van der Waals surface area contributed by atoms with E-state index in [1.807, 2.05) is 42.1 Å². The van der Waals surface area contributed by atoms with Gasteiger partial charge in [-0.05, 0) is 44.4 Å². The van der Waals surface area contributed by atoms with Crippen molar-refractivity contribution < 1.29 is 4.79 Å². The van der Waals surface area contributed by atoms with Gasteiger partial charge in [0.15, 0.2) is 0 Å². The van der Waals surface area contributed by atoms with Crippen LogP contribution in [0.3, 0.4) is 0 Å². The van der Waals surface area contributed by atoms with Crippen LogP contribution in [-0.2, 0) is 17.9 Å². The van der Waals surface area contributed by atoms with Gasteiger partial charge in [-0.2, -0.15) is 5.10 Å². The number of para-hydroxylation sites is 2. The molecule has 0 spiro atoms. The Balaban J connectivity index is 1.41. The molecule has 4 rings (SSSR count). The first-order valence-corrected chi connectivity index (χ1v) is 9.41. The predicted octanol–water partition coefficient (Wildman–Crippen LogP) is 3.01. The van der Waals surface area contributed by atoms with Crippen molar-refractivity contribution in [1.29, 1.82) is 0 Å². The van der Waals surface area contributed by atoms with Gasteiger partial charge in [0, 0.05) is 44.5 Å². The summed E-state index contributed by atoms with van der Waals surface area (Å²) in [7, 11) is 0. The minimum atomic E-state index is 0.265. The smallest absolute Gasteiger partial charge is 0.222 e. The van der Waals surface area contributed by atoms with E-state index in [0.717, 1.165) is 55.8 Å².